The van der Waals surface area contributed by atoms with E-state index in [1.165, 1.54) is 16.8 Å². The van der Waals surface area contributed by atoms with Crippen molar-refractivity contribution in [3.05, 3.63) is 68.5 Å². The summed E-state index contributed by atoms with van der Waals surface area (Å²) in [6, 6.07) is 7.85. The smallest absolute Gasteiger partial charge is 0.330 e. The molecule has 4 fully saturated rings. The maximum atomic E-state index is 13.2. The van der Waals surface area contributed by atoms with Crippen LogP contribution in [-0.4, -0.2) is 93.4 Å². The fourth-order valence-electron chi connectivity index (χ4n) is 6.97. The van der Waals surface area contributed by atoms with E-state index < -0.39 is 89.9 Å². The minimum absolute atomic E-state index is 0.0894. The Morgan fingerprint density at radius 1 is 0.913 bits per heavy atom. The summed E-state index contributed by atoms with van der Waals surface area (Å²) in [6.07, 6.45) is 0.605. The van der Waals surface area contributed by atoms with E-state index in [2.05, 4.69) is 10.9 Å². The maximum absolute atomic E-state index is 13.2. The van der Waals surface area contributed by atoms with E-state index in [4.69, 9.17) is 39.6 Å². The number of carbonyl (C=O) groups excluding carboxylic acids is 2. The molecule has 5 aliphatic rings. The minimum Gasteiger partial charge on any atom is -0.345 e. The first-order valence-corrected chi connectivity index (χ1v) is 15.4. The van der Waals surface area contributed by atoms with Crippen LogP contribution in [0.5, 0.6) is 0 Å². The third-order valence-corrected chi connectivity index (χ3v) is 9.22. The lowest BCUT2D eigenvalue weighted by Crippen LogP contribution is -2.44. The standard InChI is InChI=1S/C32H35N3O11/c1-6-18(21-23-24(44-31(4,5)43-23)28(42-21)34-14-13-20(36)33-30(34)39)40-29-25-22(45-32(7-2,8-3)46-25)19(41-29)15-35-26(37)16-11-9-10-12-17(16)27(35)38/h1,9-14,18-19,21-25,28-29H,7-8,15H2,2-5H3,(H,33,36,39)/t18-,19+,21+,22+,23+,24+,25+,28+,29+/m0/s1. The number of aromatic nitrogens is 2. The van der Waals surface area contributed by atoms with E-state index in [0.717, 1.165) is 4.90 Å². The van der Waals surface area contributed by atoms with Crippen molar-refractivity contribution in [2.24, 2.45) is 0 Å². The minimum atomic E-state index is -1.08. The topological polar surface area (TPSA) is 157 Å². The molecule has 244 valence electrons. The van der Waals surface area contributed by atoms with Crippen molar-refractivity contribution in [2.45, 2.75) is 107 Å². The van der Waals surface area contributed by atoms with Gasteiger partial charge in [-0.3, -0.25) is 28.8 Å². The van der Waals surface area contributed by atoms with Gasteiger partial charge in [-0.1, -0.05) is 31.9 Å². The van der Waals surface area contributed by atoms with Crippen LogP contribution in [0.2, 0.25) is 0 Å². The molecule has 0 radical (unpaired) electrons. The molecule has 0 bridgehead atoms. The maximum Gasteiger partial charge on any atom is 0.330 e. The Kier molecular flexibility index (Phi) is 7.56. The molecule has 46 heavy (non-hydrogen) atoms. The van der Waals surface area contributed by atoms with Gasteiger partial charge in [-0.2, -0.15) is 0 Å². The summed E-state index contributed by atoms with van der Waals surface area (Å²) in [6.45, 7) is 7.25. The number of H-pyrrole nitrogens is 1. The van der Waals surface area contributed by atoms with Crippen LogP contribution < -0.4 is 11.2 Å². The Morgan fingerprint density at radius 2 is 1.57 bits per heavy atom. The lowest BCUT2D eigenvalue weighted by atomic mass is 10.1. The van der Waals surface area contributed by atoms with Crippen LogP contribution in [0, 0.1) is 12.3 Å². The number of fused-ring (bicyclic) bond motifs is 3. The summed E-state index contributed by atoms with van der Waals surface area (Å²) in [7, 11) is 0. The second-order valence-corrected chi connectivity index (χ2v) is 12.4. The third kappa shape index (κ3) is 4.94. The van der Waals surface area contributed by atoms with Crippen molar-refractivity contribution in [1.29, 1.82) is 0 Å². The Morgan fingerprint density at radius 3 is 2.20 bits per heavy atom. The number of terminal acetylenes is 1. The number of imide groups is 1. The van der Waals surface area contributed by atoms with Gasteiger partial charge in [0.1, 0.15) is 42.7 Å². The van der Waals surface area contributed by atoms with Gasteiger partial charge in [0.15, 0.2) is 24.1 Å². The first kappa shape index (κ1) is 30.9. The third-order valence-electron chi connectivity index (χ3n) is 9.22. The van der Waals surface area contributed by atoms with Crippen LogP contribution in [-0.2, 0) is 33.2 Å². The largest absolute Gasteiger partial charge is 0.345 e. The number of amides is 2. The summed E-state index contributed by atoms with van der Waals surface area (Å²) in [5.41, 5.74) is -0.590. The first-order chi connectivity index (χ1) is 22.0. The van der Waals surface area contributed by atoms with E-state index in [-0.39, 0.29) is 6.54 Å². The van der Waals surface area contributed by atoms with Gasteiger partial charge in [0.25, 0.3) is 17.4 Å². The number of ether oxygens (including phenoxy) is 7. The Labute approximate surface area is 263 Å². The average Bonchev–Trinajstić information content (AvgIpc) is 3.80. The van der Waals surface area contributed by atoms with E-state index in [0.29, 0.717) is 24.0 Å². The predicted octanol–water partition coefficient (Wildman–Crippen LogP) is 1.29. The molecule has 2 aromatic rings. The molecule has 7 rings (SSSR count). The Bertz CT molecular complexity index is 1670. The molecule has 0 unspecified atom stereocenters. The Balaban J connectivity index is 1.15. The fourth-order valence-corrected chi connectivity index (χ4v) is 6.97. The quantitative estimate of drug-likeness (QED) is 0.329. The van der Waals surface area contributed by atoms with E-state index in [9.17, 15) is 19.2 Å². The van der Waals surface area contributed by atoms with Crippen molar-refractivity contribution in [3.8, 4) is 12.3 Å². The molecule has 0 spiro atoms. The van der Waals surface area contributed by atoms with Crippen LogP contribution in [0.25, 0.3) is 0 Å². The molecule has 5 aliphatic heterocycles. The number of benzene rings is 1. The first-order valence-electron chi connectivity index (χ1n) is 15.4. The predicted molar refractivity (Wildman–Crippen MR) is 156 cm³/mol. The number of hydrogen-bond acceptors (Lipinski definition) is 11. The van der Waals surface area contributed by atoms with Gasteiger partial charge in [-0.15, -0.1) is 6.42 Å². The molecule has 0 aliphatic carbocycles. The van der Waals surface area contributed by atoms with Crippen molar-refractivity contribution >= 4 is 11.8 Å². The second-order valence-electron chi connectivity index (χ2n) is 12.4. The highest BCUT2D eigenvalue weighted by molar-refractivity contribution is 6.21. The number of aromatic amines is 1. The number of hydrogen-bond donors (Lipinski definition) is 1. The van der Waals surface area contributed by atoms with Crippen molar-refractivity contribution < 1.29 is 42.7 Å². The zero-order valence-corrected chi connectivity index (χ0v) is 25.7. The number of nitrogens with one attached hydrogen (secondary N) is 1. The molecule has 9 atom stereocenters. The lowest BCUT2D eigenvalue weighted by Gasteiger charge is -2.31. The van der Waals surface area contributed by atoms with E-state index in [1.54, 1.807) is 38.1 Å². The molecule has 1 aromatic heterocycles. The van der Waals surface area contributed by atoms with Crippen LogP contribution in [0.15, 0.2) is 46.1 Å². The molecule has 4 saturated heterocycles. The van der Waals surface area contributed by atoms with Gasteiger partial charge in [-0.25, -0.2) is 4.79 Å². The molecule has 14 nitrogen and oxygen atoms in total. The van der Waals surface area contributed by atoms with Crippen molar-refractivity contribution in [1.82, 2.24) is 14.5 Å². The number of rotatable bonds is 8. The summed E-state index contributed by atoms with van der Waals surface area (Å²) < 4.78 is 45.4. The van der Waals surface area contributed by atoms with Gasteiger partial charge in [0.05, 0.1) is 17.7 Å². The van der Waals surface area contributed by atoms with Crippen LogP contribution in [0.4, 0.5) is 0 Å². The Hall–Kier alpha value is -3.68. The lowest BCUT2D eigenvalue weighted by molar-refractivity contribution is -0.266. The van der Waals surface area contributed by atoms with Gasteiger partial charge in [0.2, 0.25) is 0 Å². The zero-order chi connectivity index (χ0) is 32.5. The molecule has 2 amide bonds. The second kappa shape index (κ2) is 11.2. The highest BCUT2D eigenvalue weighted by Gasteiger charge is 2.62. The summed E-state index contributed by atoms with van der Waals surface area (Å²) in [4.78, 5) is 54.2. The normalized spacial score (nSPS) is 34.4. The molecular weight excluding hydrogens is 602 g/mol. The van der Waals surface area contributed by atoms with Gasteiger partial charge >= 0.3 is 5.69 Å². The highest BCUT2D eigenvalue weighted by Crippen LogP contribution is 2.46. The van der Waals surface area contributed by atoms with Crippen molar-refractivity contribution in [2.75, 3.05) is 6.54 Å². The van der Waals surface area contributed by atoms with E-state index >= 15 is 0 Å². The fraction of sp³-hybridized carbons (Fsp3) is 0.562. The molecule has 0 saturated carbocycles. The monoisotopic (exact) mass is 637 g/mol. The number of carbonyl (C=O) groups is 2. The molecule has 6 heterocycles. The molecule has 1 N–H and O–H groups in total. The molecule has 1 aromatic carbocycles. The number of nitrogens with zero attached hydrogens (tertiary/aromatic N) is 2. The zero-order valence-electron chi connectivity index (χ0n) is 25.7. The van der Waals surface area contributed by atoms with Gasteiger partial charge in [0, 0.05) is 12.3 Å². The van der Waals surface area contributed by atoms with Gasteiger partial charge in [-0.05, 0) is 38.8 Å². The van der Waals surface area contributed by atoms with Crippen molar-refractivity contribution in [3.63, 3.8) is 0 Å². The SMILES string of the molecule is C#C[C@H](O[C@@H]1O[C@H](CN2C(=O)c3ccccc3C2=O)[C@H]2OC(CC)(CC)O[C@@H]12)[C@H]1O[C@@H](n2ccc(=O)[nH]c2=O)[C@@H]2OC(C)(C)O[C@@H]21. The molecule has 14 heteroatoms. The summed E-state index contributed by atoms with van der Waals surface area (Å²) >= 11 is 0. The summed E-state index contributed by atoms with van der Waals surface area (Å²) in [5, 5.41) is 0. The van der Waals surface area contributed by atoms with Crippen LogP contribution in [0.1, 0.15) is 67.5 Å². The van der Waals surface area contributed by atoms with Crippen LogP contribution in [0.3, 0.4) is 0 Å². The van der Waals surface area contributed by atoms with Crippen LogP contribution >= 0.6 is 0 Å². The van der Waals surface area contributed by atoms with E-state index in [1.807, 2.05) is 13.8 Å². The highest BCUT2D eigenvalue weighted by atomic mass is 16.8. The van der Waals surface area contributed by atoms with Gasteiger partial charge < -0.3 is 33.2 Å². The molecular formula is C32H35N3O11. The average molecular weight is 638 g/mol. The summed E-state index contributed by atoms with van der Waals surface area (Å²) in [5.74, 6) is -0.168.